The van der Waals surface area contributed by atoms with Gasteiger partial charge in [-0.15, -0.1) is 0 Å². The first-order valence-electron chi connectivity index (χ1n) is 22.3. The Hall–Kier alpha value is -3.58. The zero-order valence-corrected chi connectivity index (χ0v) is 37.6. The molecule has 322 valence electrons. The highest BCUT2D eigenvalue weighted by atomic mass is 16.6. The number of cyclic esters (lactones) is 1. The van der Waals surface area contributed by atoms with Gasteiger partial charge in [-0.05, 0) is 173 Å². The molecule has 1 unspecified atom stereocenters. The molecule has 0 bridgehead atoms. The fourth-order valence-corrected chi connectivity index (χ4v) is 8.79. The predicted molar refractivity (Wildman–Crippen MR) is 236 cm³/mol. The summed E-state index contributed by atoms with van der Waals surface area (Å²) in [6, 6.07) is 5.44. The van der Waals surface area contributed by atoms with Crippen LogP contribution >= 0.6 is 0 Å². The number of carbonyl (C=O) groups is 2. The van der Waals surface area contributed by atoms with Crippen LogP contribution in [0.15, 0.2) is 76.9 Å². The molecule has 1 saturated heterocycles. The largest absolute Gasteiger partial charge is 0.508 e. The monoisotopic (exact) mass is 801 g/mol. The van der Waals surface area contributed by atoms with Crippen LogP contribution in [0.4, 0.5) is 0 Å². The summed E-state index contributed by atoms with van der Waals surface area (Å²) in [5.41, 5.74) is 6.17. The van der Waals surface area contributed by atoms with Crippen LogP contribution in [0, 0.1) is 29.1 Å². The Kier molecular flexibility index (Phi) is 17.5. The van der Waals surface area contributed by atoms with Gasteiger partial charge in [0.2, 0.25) is 0 Å². The van der Waals surface area contributed by atoms with Crippen LogP contribution in [0.25, 0.3) is 0 Å². The van der Waals surface area contributed by atoms with E-state index in [9.17, 15) is 19.8 Å². The summed E-state index contributed by atoms with van der Waals surface area (Å²) in [6.07, 6.45) is 25.4. The Bertz CT molecular complexity index is 1690. The number of phenolic OH excluding ortho intramolecular Hbond substituents is 1. The van der Waals surface area contributed by atoms with E-state index in [1.165, 1.54) is 28.7 Å². The molecule has 7 heteroatoms. The summed E-state index contributed by atoms with van der Waals surface area (Å²) in [7, 11) is 0. The molecule has 0 aromatic heterocycles. The SMILES string of the molecule is CC(C)=CCC/C(C)=C/CC/C(C)=C/CCC1(C)CCc2cc(O)ccc2O1.CCC(C)(C)C(=O)O[C@H]1C[C@@H](C)C=C2C=C[C@H](C)[C@H](CC[C@@H]3C[C@@H](O)CC(=O)O3)[C@H]21. The molecule has 2 aliphatic heterocycles. The molecule has 0 saturated carbocycles. The van der Waals surface area contributed by atoms with Gasteiger partial charge in [0.05, 0.1) is 17.9 Å². The number of ether oxygens (including phenoxy) is 3. The Morgan fingerprint density at radius 1 is 1.00 bits per heavy atom. The van der Waals surface area contributed by atoms with Crippen molar-refractivity contribution in [1.29, 1.82) is 0 Å². The molecule has 2 N–H and O–H groups in total. The third kappa shape index (κ3) is 14.3. The normalized spacial score (nSPS) is 28.4. The van der Waals surface area contributed by atoms with Crippen LogP contribution in [-0.2, 0) is 25.5 Å². The topological polar surface area (TPSA) is 102 Å². The predicted octanol–water partition coefficient (Wildman–Crippen LogP) is 12.3. The van der Waals surface area contributed by atoms with Gasteiger partial charge >= 0.3 is 11.9 Å². The maximum atomic E-state index is 12.9. The van der Waals surface area contributed by atoms with E-state index in [-0.39, 0.29) is 42.1 Å². The standard InChI is InChI=1S/C26H38O2.C25H38O5/c1-20(2)9-6-10-21(3)11-7-12-22(4)13-8-17-26(5)18-16-23-19-24(27)14-15-25(23)28-26;1-6-25(4,5)24(28)30-21-12-15(2)11-17-8-7-16(3)20(23(17)21)10-9-19-13-18(26)14-22(27)29-19/h9,11,13-15,19,27H,6-8,10,12,16-18H2,1-5H3;7-8,11,15-16,18-21,23,26H,6,9-10,12-14H2,1-5H3/b21-11+,22-13+;/t;15-,16-,18+,19+,20-,21-,23-/m.0/s1. The minimum Gasteiger partial charge on any atom is -0.508 e. The van der Waals surface area contributed by atoms with E-state index < -0.39 is 11.5 Å². The number of fused-ring (bicyclic) bond motifs is 2. The smallest absolute Gasteiger partial charge is 0.311 e. The van der Waals surface area contributed by atoms with Crippen LogP contribution in [0.1, 0.15) is 158 Å². The number of carbonyl (C=O) groups excluding carboxylic acids is 2. The molecule has 58 heavy (non-hydrogen) atoms. The molecule has 2 aliphatic carbocycles. The van der Waals surface area contributed by atoms with Crippen molar-refractivity contribution in [3.63, 3.8) is 0 Å². The van der Waals surface area contributed by atoms with Crippen molar-refractivity contribution in [3.05, 3.63) is 82.5 Å². The van der Waals surface area contributed by atoms with Gasteiger partial charge in [0.1, 0.15) is 29.3 Å². The Morgan fingerprint density at radius 2 is 1.69 bits per heavy atom. The van der Waals surface area contributed by atoms with Crippen molar-refractivity contribution in [1.82, 2.24) is 0 Å². The minimum atomic E-state index is -0.601. The lowest BCUT2D eigenvalue weighted by Crippen LogP contribution is -2.43. The quantitative estimate of drug-likeness (QED) is 0.134. The second-order valence-electron chi connectivity index (χ2n) is 19.1. The van der Waals surface area contributed by atoms with Crippen molar-refractivity contribution in [2.75, 3.05) is 0 Å². The zero-order chi connectivity index (χ0) is 42.6. The number of esters is 2. The van der Waals surface area contributed by atoms with Crippen molar-refractivity contribution in [2.45, 2.75) is 183 Å². The van der Waals surface area contributed by atoms with Gasteiger partial charge in [0.15, 0.2) is 0 Å². The highest BCUT2D eigenvalue weighted by Crippen LogP contribution is 2.46. The van der Waals surface area contributed by atoms with Crippen molar-refractivity contribution < 1.29 is 34.0 Å². The third-order valence-corrected chi connectivity index (χ3v) is 13.0. The molecule has 1 aromatic rings. The lowest BCUT2D eigenvalue weighted by Gasteiger charge is -2.44. The number of rotatable bonds is 15. The summed E-state index contributed by atoms with van der Waals surface area (Å²) < 4.78 is 17.9. The van der Waals surface area contributed by atoms with Crippen LogP contribution in [-0.4, -0.2) is 46.1 Å². The van der Waals surface area contributed by atoms with E-state index in [1.54, 1.807) is 6.07 Å². The van der Waals surface area contributed by atoms with E-state index in [0.29, 0.717) is 29.9 Å². The minimum absolute atomic E-state index is 0.0949. The molecule has 4 aliphatic rings. The molecule has 0 spiro atoms. The van der Waals surface area contributed by atoms with E-state index in [1.807, 2.05) is 32.9 Å². The molecule has 8 atom stereocenters. The van der Waals surface area contributed by atoms with Gasteiger partial charge in [-0.25, -0.2) is 0 Å². The Balaban J connectivity index is 0.000000257. The first-order valence-corrected chi connectivity index (χ1v) is 22.3. The van der Waals surface area contributed by atoms with Crippen LogP contribution in [0.3, 0.4) is 0 Å². The van der Waals surface area contributed by atoms with Gasteiger partial charge < -0.3 is 24.4 Å². The summed E-state index contributed by atoms with van der Waals surface area (Å²) in [5, 5.41) is 19.5. The highest BCUT2D eigenvalue weighted by molar-refractivity contribution is 5.76. The summed E-state index contributed by atoms with van der Waals surface area (Å²) in [5.74, 6) is 2.03. The molecule has 1 aromatic carbocycles. The number of aryl methyl sites for hydroxylation is 1. The number of phenols is 1. The molecule has 2 heterocycles. The first-order chi connectivity index (χ1) is 27.4. The van der Waals surface area contributed by atoms with Crippen LogP contribution < -0.4 is 4.74 Å². The number of benzene rings is 1. The van der Waals surface area contributed by atoms with Gasteiger partial charge in [0, 0.05) is 12.3 Å². The number of hydrogen-bond donors (Lipinski definition) is 2. The highest BCUT2D eigenvalue weighted by Gasteiger charge is 2.43. The zero-order valence-electron chi connectivity index (χ0n) is 37.6. The van der Waals surface area contributed by atoms with Gasteiger partial charge in [-0.2, -0.15) is 0 Å². The van der Waals surface area contributed by atoms with Crippen molar-refractivity contribution >= 4 is 11.9 Å². The molecule has 7 nitrogen and oxygen atoms in total. The Morgan fingerprint density at radius 3 is 2.36 bits per heavy atom. The lowest BCUT2D eigenvalue weighted by atomic mass is 9.65. The van der Waals surface area contributed by atoms with Gasteiger partial charge in [0.25, 0.3) is 0 Å². The number of aliphatic hydroxyl groups excluding tert-OH is 1. The summed E-state index contributed by atoms with van der Waals surface area (Å²) in [6.45, 7) is 21.3. The fraction of sp³-hybridized carbons (Fsp3) is 0.647. The van der Waals surface area contributed by atoms with Crippen LogP contribution in [0.5, 0.6) is 11.5 Å². The van der Waals surface area contributed by atoms with E-state index in [2.05, 4.69) is 84.9 Å². The molecular formula is C51H76O7. The number of hydrogen-bond acceptors (Lipinski definition) is 7. The molecule has 0 radical (unpaired) electrons. The third-order valence-electron chi connectivity index (χ3n) is 13.0. The number of aromatic hydroxyl groups is 1. The van der Waals surface area contributed by atoms with Crippen LogP contribution in [0.2, 0.25) is 0 Å². The van der Waals surface area contributed by atoms with Crippen molar-refractivity contribution in [3.8, 4) is 11.5 Å². The summed E-state index contributed by atoms with van der Waals surface area (Å²) in [4.78, 5) is 24.6. The average Bonchev–Trinajstić information content (AvgIpc) is 3.14. The van der Waals surface area contributed by atoms with Gasteiger partial charge in [-0.1, -0.05) is 73.9 Å². The second kappa shape index (κ2) is 21.6. The fourth-order valence-electron chi connectivity index (χ4n) is 8.79. The second-order valence-corrected chi connectivity index (χ2v) is 19.1. The average molecular weight is 801 g/mol. The van der Waals surface area contributed by atoms with E-state index >= 15 is 0 Å². The summed E-state index contributed by atoms with van der Waals surface area (Å²) >= 11 is 0. The van der Waals surface area contributed by atoms with E-state index in [4.69, 9.17) is 14.2 Å². The number of aliphatic hydroxyl groups is 1. The lowest BCUT2D eigenvalue weighted by molar-refractivity contribution is -0.166. The first kappa shape index (κ1) is 47.1. The Labute approximate surface area is 351 Å². The maximum absolute atomic E-state index is 12.9. The molecule has 1 fully saturated rings. The van der Waals surface area contributed by atoms with E-state index in [0.717, 1.165) is 81.9 Å². The van der Waals surface area contributed by atoms with Crippen molar-refractivity contribution in [2.24, 2.45) is 29.1 Å². The molecule has 0 amide bonds. The molecule has 5 rings (SSSR count). The maximum Gasteiger partial charge on any atom is 0.311 e. The number of allylic oxidation sites excluding steroid dienone is 9. The van der Waals surface area contributed by atoms with Gasteiger partial charge in [-0.3, -0.25) is 9.59 Å². The molecular weight excluding hydrogens is 725 g/mol.